The Bertz CT molecular complexity index is 712. The Morgan fingerprint density at radius 2 is 2.00 bits per heavy atom. The Balaban J connectivity index is 1.85. The monoisotopic (exact) mass is 362 g/mol. The molecule has 0 saturated carbocycles. The van der Waals surface area contributed by atoms with Crippen LogP contribution in [0.15, 0.2) is 36.9 Å². The van der Waals surface area contributed by atoms with Gasteiger partial charge < -0.3 is 14.8 Å². The number of carbonyl (C=O) groups is 2. The predicted molar refractivity (Wildman–Crippen MR) is 99.0 cm³/mol. The second kappa shape index (κ2) is 9.22. The first-order chi connectivity index (χ1) is 12.0. The van der Waals surface area contributed by atoms with Gasteiger partial charge in [0.2, 0.25) is 11.8 Å². The molecule has 2 aromatic rings. The number of anilines is 1. The molecule has 0 fully saturated rings. The van der Waals surface area contributed by atoms with E-state index in [0.717, 1.165) is 5.69 Å². The van der Waals surface area contributed by atoms with Gasteiger partial charge in [-0.25, -0.2) is 4.98 Å². The normalized spacial score (nSPS) is 10.5. The Morgan fingerprint density at radius 1 is 1.24 bits per heavy atom. The first kappa shape index (κ1) is 19.0. The van der Waals surface area contributed by atoms with Crippen LogP contribution >= 0.6 is 11.6 Å². The fourth-order valence-corrected chi connectivity index (χ4v) is 2.83. The molecule has 0 aliphatic heterocycles. The number of amides is 2. The zero-order valence-electron chi connectivity index (χ0n) is 14.5. The van der Waals surface area contributed by atoms with Gasteiger partial charge in [-0.3, -0.25) is 9.59 Å². The molecule has 1 aromatic heterocycles. The van der Waals surface area contributed by atoms with E-state index in [1.54, 1.807) is 40.3 Å². The highest BCUT2D eigenvalue weighted by Crippen LogP contribution is 2.24. The van der Waals surface area contributed by atoms with Crippen molar-refractivity contribution in [1.29, 1.82) is 0 Å². The van der Waals surface area contributed by atoms with Crippen molar-refractivity contribution in [3.8, 4) is 5.69 Å². The van der Waals surface area contributed by atoms with E-state index in [9.17, 15) is 9.59 Å². The summed E-state index contributed by atoms with van der Waals surface area (Å²) in [5.41, 5.74) is 1.43. The highest BCUT2D eigenvalue weighted by molar-refractivity contribution is 6.32. The van der Waals surface area contributed by atoms with Crippen molar-refractivity contribution in [2.24, 2.45) is 0 Å². The van der Waals surface area contributed by atoms with Crippen molar-refractivity contribution >= 4 is 29.1 Å². The summed E-state index contributed by atoms with van der Waals surface area (Å²) in [6, 6.07) is 5.32. The molecular formula is C18H23ClN4O2. The number of benzene rings is 1. The molecule has 25 heavy (non-hydrogen) atoms. The maximum absolute atomic E-state index is 12.0. The summed E-state index contributed by atoms with van der Waals surface area (Å²) in [6.07, 6.45) is 6.34. The fraction of sp³-hybridized carbons (Fsp3) is 0.389. The molecule has 0 saturated heterocycles. The molecule has 134 valence electrons. The van der Waals surface area contributed by atoms with Crippen LogP contribution in [0.4, 0.5) is 5.69 Å². The standard InChI is InChI=1S/C18H23ClN4O2/c1-3-22(4-2)18(25)7-5-6-17(24)21-14-8-9-16(15(19)12-14)23-11-10-20-13-23/h8-13H,3-7H2,1-2H3,(H,21,24). The molecule has 0 aliphatic rings. The van der Waals surface area contributed by atoms with Crippen LogP contribution in [-0.4, -0.2) is 39.4 Å². The maximum atomic E-state index is 12.0. The van der Waals surface area contributed by atoms with Crippen LogP contribution in [0.1, 0.15) is 33.1 Å². The van der Waals surface area contributed by atoms with Crippen molar-refractivity contribution in [2.45, 2.75) is 33.1 Å². The lowest BCUT2D eigenvalue weighted by Crippen LogP contribution is -2.30. The maximum Gasteiger partial charge on any atom is 0.224 e. The average molecular weight is 363 g/mol. The molecule has 0 spiro atoms. The molecule has 0 atom stereocenters. The predicted octanol–water partition coefficient (Wildman–Crippen LogP) is 3.50. The number of nitrogens with zero attached hydrogens (tertiary/aromatic N) is 3. The summed E-state index contributed by atoms with van der Waals surface area (Å²) in [5.74, 6) is -0.0377. The van der Waals surface area contributed by atoms with Gasteiger partial charge in [0.05, 0.1) is 17.0 Å². The van der Waals surface area contributed by atoms with Crippen molar-refractivity contribution in [3.63, 3.8) is 0 Å². The Morgan fingerprint density at radius 3 is 2.60 bits per heavy atom. The number of nitrogens with one attached hydrogen (secondary N) is 1. The van der Waals surface area contributed by atoms with Gasteiger partial charge in [0.1, 0.15) is 0 Å². The first-order valence-corrected chi connectivity index (χ1v) is 8.78. The highest BCUT2D eigenvalue weighted by Gasteiger charge is 2.11. The number of hydrogen-bond acceptors (Lipinski definition) is 3. The lowest BCUT2D eigenvalue weighted by Gasteiger charge is -2.18. The van der Waals surface area contributed by atoms with E-state index in [-0.39, 0.29) is 11.8 Å². The first-order valence-electron chi connectivity index (χ1n) is 8.40. The molecule has 0 unspecified atom stereocenters. The topological polar surface area (TPSA) is 67.2 Å². The van der Waals surface area contributed by atoms with Gasteiger partial charge in [0.15, 0.2) is 0 Å². The van der Waals surface area contributed by atoms with Gasteiger partial charge in [-0.05, 0) is 38.5 Å². The summed E-state index contributed by atoms with van der Waals surface area (Å²) in [4.78, 5) is 29.7. The zero-order valence-corrected chi connectivity index (χ0v) is 15.3. The molecule has 7 heteroatoms. The summed E-state index contributed by atoms with van der Waals surface area (Å²) in [7, 11) is 0. The van der Waals surface area contributed by atoms with Crippen molar-refractivity contribution in [1.82, 2.24) is 14.5 Å². The quantitative estimate of drug-likeness (QED) is 0.781. The van der Waals surface area contributed by atoms with E-state index in [1.165, 1.54) is 0 Å². The number of halogens is 1. The molecule has 2 amide bonds. The molecular weight excluding hydrogens is 340 g/mol. The van der Waals surface area contributed by atoms with E-state index in [2.05, 4.69) is 10.3 Å². The number of hydrogen-bond donors (Lipinski definition) is 1. The number of carbonyl (C=O) groups excluding carboxylic acids is 2. The van der Waals surface area contributed by atoms with Gasteiger partial charge in [-0.15, -0.1) is 0 Å². The highest BCUT2D eigenvalue weighted by atomic mass is 35.5. The third-order valence-corrected chi connectivity index (χ3v) is 4.23. The molecule has 0 aliphatic carbocycles. The second-order valence-corrected chi connectivity index (χ2v) is 6.01. The van der Waals surface area contributed by atoms with Crippen LogP contribution in [-0.2, 0) is 9.59 Å². The Kier molecular flexibility index (Phi) is 7.01. The van der Waals surface area contributed by atoms with Gasteiger partial charge in [0.25, 0.3) is 0 Å². The summed E-state index contributed by atoms with van der Waals surface area (Å²) < 4.78 is 1.80. The third-order valence-electron chi connectivity index (χ3n) is 3.92. The van der Waals surface area contributed by atoms with Crippen molar-refractivity contribution < 1.29 is 9.59 Å². The minimum Gasteiger partial charge on any atom is -0.343 e. The average Bonchev–Trinajstić information content (AvgIpc) is 3.10. The van der Waals surface area contributed by atoms with Crippen LogP contribution in [0.25, 0.3) is 5.69 Å². The largest absolute Gasteiger partial charge is 0.343 e. The molecule has 1 heterocycles. The molecule has 0 bridgehead atoms. The van der Waals surface area contributed by atoms with E-state index >= 15 is 0 Å². The summed E-state index contributed by atoms with van der Waals surface area (Å²) in [6.45, 7) is 5.29. The number of aromatic nitrogens is 2. The van der Waals surface area contributed by atoms with Crippen molar-refractivity contribution in [2.75, 3.05) is 18.4 Å². The van der Waals surface area contributed by atoms with Gasteiger partial charge in [0, 0.05) is 44.0 Å². The van der Waals surface area contributed by atoms with Crippen LogP contribution in [0.3, 0.4) is 0 Å². The van der Waals surface area contributed by atoms with Gasteiger partial charge in [-0.2, -0.15) is 0 Å². The van der Waals surface area contributed by atoms with E-state index in [0.29, 0.717) is 43.1 Å². The number of rotatable bonds is 8. The van der Waals surface area contributed by atoms with Gasteiger partial charge >= 0.3 is 0 Å². The lowest BCUT2D eigenvalue weighted by molar-refractivity contribution is -0.130. The molecule has 1 N–H and O–H groups in total. The van der Waals surface area contributed by atoms with E-state index < -0.39 is 0 Å². The second-order valence-electron chi connectivity index (χ2n) is 5.60. The SMILES string of the molecule is CCN(CC)C(=O)CCCC(=O)Nc1ccc(-n2ccnc2)c(Cl)c1. The van der Waals surface area contributed by atoms with Crippen LogP contribution in [0.5, 0.6) is 0 Å². The lowest BCUT2D eigenvalue weighted by atomic mass is 10.2. The fourth-order valence-electron chi connectivity index (χ4n) is 2.55. The van der Waals surface area contributed by atoms with Crippen LogP contribution < -0.4 is 5.32 Å². The Labute approximate surface area is 152 Å². The van der Waals surface area contributed by atoms with Crippen LogP contribution in [0.2, 0.25) is 5.02 Å². The summed E-state index contributed by atoms with van der Waals surface area (Å²) >= 11 is 6.27. The zero-order chi connectivity index (χ0) is 18.2. The minimum atomic E-state index is -0.126. The smallest absolute Gasteiger partial charge is 0.224 e. The van der Waals surface area contributed by atoms with Crippen LogP contribution in [0, 0.1) is 0 Å². The van der Waals surface area contributed by atoms with Gasteiger partial charge in [-0.1, -0.05) is 11.6 Å². The molecule has 6 nitrogen and oxygen atoms in total. The number of imidazole rings is 1. The summed E-state index contributed by atoms with van der Waals surface area (Å²) in [5, 5.41) is 3.33. The minimum absolute atomic E-state index is 0.0885. The molecule has 1 aromatic carbocycles. The van der Waals surface area contributed by atoms with E-state index in [4.69, 9.17) is 11.6 Å². The molecule has 0 radical (unpaired) electrons. The molecule has 2 rings (SSSR count). The Hall–Kier alpha value is -2.34. The van der Waals surface area contributed by atoms with E-state index in [1.807, 2.05) is 19.9 Å². The third kappa shape index (κ3) is 5.32. The van der Waals surface area contributed by atoms with Crippen molar-refractivity contribution in [3.05, 3.63) is 41.9 Å².